The molecule has 1 heterocycles. The second-order valence-electron chi connectivity index (χ2n) is 7.05. The Balaban J connectivity index is 1.66. The number of nitrogens with one attached hydrogen (secondary N) is 1. The fourth-order valence-electron chi connectivity index (χ4n) is 3.49. The topological polar surface area (TPSA) is 105 Å². The fourth-order valence-corrected chi connectivity index (χ4v) is 5.08. The highest BCUT2D eigenvalue weighted by molar-refractivity contribution is 7.89. The molecular weight excluding hydrogens is 420 g/mol. The van der Waals surface area contributed by atoms with Gasteiger partial charge in [-0.3, -0.25) is 4.79 Å². The van der Waals surface area contributed by atoms with Crippen LogP contribution < -0.4 is 10.1 Å². The van der Waals surface area contributed by atoms with Crippen molar-refractivity contribution in [3.8, 4) is 11.5 Å². The number of morpholine rings is 1. The lowest BCUT2D eigenvalue weighted by molar-refractivity contribution is 0.0729. The predicted octanol–water partition coefficient (Wildman–Crippen LogP) is 2.83. The zero-order valence-corrected chi connectivity index (χ0v) is 17.7. The summed E-state index contributed by atoms with van der Waals surface area (Å²) >= 11 is 0. The molecule has 0 radical (unpaired) electrons. The van der Waals surface area contributed by atoms with Gasteiger partial charge >= 0.3 is 0 Å². The molecule has 31 heavy (non-hydrogen) atoms. The number of anilines is 1. The van der Waals surface area contributed by atoms with Crippen LogP contribution in [0, 0.1) is 0 Å². The first-order valence-corrected chi connectivity index (χ1v) is 11.1. The van der Waals surface area contributed by atoms with Gasteiger partial charge in [0.05, 0.1) is 25.9 Å². The molecule has 0 aliphatic carbocycles. The quantitative estimate of drug-likeness (QED) is 0.630. The van der Waals surface area contributed by atoms with Crippen molar-refractivity contribution in [1.82, 2.24) is 4.31 Å². The third-order valence-corrected chi connectivity index (χ3v) is 7.04. The smallest absolute Gasteiger partial charge is 0.259 e. The molecule has 9 heteroatoms. The minimum absolute atomic E-state index is 0.0440. The summed E-state index contributed by atoms with van der Waals surface area (Å²) < 4.78 is 38.0. The van der Waals surface area contributed by atoms with Gasteiger partial charge in [-0.1, -0.05) is 24.3 Å². The Hall–Kier alpha value is -3.14. The van der Waals surface area contributed by atoms with Crippen LogP contribution >= 0.6 is 0 Å². The monoisotopic (exact) mass is 442 g/mol. The van der Waals surface area contributed by atoms with Crippen molar-refractivity contribution in [2.24, 2.45) is 0 Å². The lowest BCUT2D eigenvalue weighted by Crippen LogP contribution is -2.40. The van der Waals surface area contributed by atoms with Crippen LogP contribution in [0.3, 0.4) is 0 Å². The maximum absolute atomic E-state index is 13.1. The Morgan fingerprint density at radius 3 is 2.42 bits per heavy atom. The van der Waals surface area contributed by atoms with Crippen molar-refractivity contribution in [2.75, 3.05) is 38.7 Å². The van der Waals surface area contributed by atoms with E-state index in [0.717, 1.165) is 10.8 Å². The molecule has 0 saturated carbocycles. The number of carbonyl (C=O) groups excluding carboxylic acids is 1. The van der Waals surface area contributed by atoms with E-state index in [1.54, 1.807) is 12.1 Å². The molecule has 1 aliphatic heterocycles. The van der Waals surface area contributed by atoms with Crippen molar-refractivity contribution >= 4 is 32.4 Å². The summed E-state index contributed by atoms with van der Waals surface area (Å²) in [7, 11) is -2.45. The van der Waals surface area contributed by atoms with Crippen molar-refractivity contribution in [3.63, 3.8) is 0 Å². The van der Waals surface area contributed by atoms with E-state index in [0.29, 0.717) is 13.2 Å². The van der Waals surface area contributed by atoms with Gasteiger partial charge in [0.2, 0.25) is 10.0 Å². The zero-order valence-electron chi connectivity index (χ0n) is 16.9. The van der Waals surface area contributed by atoms with Gasteiger partial charge in [-0.05, 0) is 41.1 Å². The molecule has 0 aromatic heterocycles. The lowest BCUT2D eigenvalue weighted by Gasteiger charge is -2.26. The third-order valence-electron chi connectivity index (χ3n) is 5.12. The average molecular weight is 442 g/mol. The Labute approximate surface area is 180 Å². The normalized spacial score (nSPS) is 15.0. The summed E-state index contributed by atoms with van der Waals surface area (Å²) in [6, 6.07) is 14.9. The number of nitrogens with zero attached hydrogens (tertiary/aromatic N) is 1. The van der Waals surface area contributed by atoms with Crippen LogP contribution in [0.5, 0.6) is 11.5 Å². The van der Waals surface area contributed by atoms with Crippen LogP contribution in [0.1, 0.15) is 10.4 Å². The van der Waals surface area contributed by atoms with Gasteiger partial charge in [-0.2, -0.15) is 4.31 Å². The molecule has 0 spiro atoms. The molecule has 3 aromatic carbocycles. The van der Waals surface area contributed by atoms with Crippen LogP contribution in [0.2, 0.25) is 0 Å². The number of amides is 1. The molecule has 162 valence electrons. The van der Waals surface area contributed by atoms with E-state index >= 15 is 0 Å². The highest BCUT2D eigenvalue weighted by Gasteiger charge is 2.29. The van der Waals surface area contributed by atoms with Crippen LogP contribution in [-0.2, 0) is 14.8 Å². The molecule has 0 unspecified atom stereocenters. The number of benzene rings is 3. The third kappa shape index (κ3) is 4.20. The van der Waals surface area contributed by atoms with Gasteiger partial charge in [0, 0.05) is 18.8 Å². The molecule has 0 atom stereocenters. The molecule has 2 N–H and O–H groups in total. The van der Waals surface area contributed by atoms with E-state index in [2.05, 4.69) is 5.32 Å². The Kier molecular flexibility index (Phi) is 5.81. The standard InChI is InChI=1S/C22H22N2O6S/c1-29-20-7-6-17(14-21(20)31(27,28)24-8-10-30-11-9-24)23-22(26)18-12-15-4-2-3-5-16(15)13-19(18)25/h2-7,12-14,25H,8-11H2,1H3,(H,23,26). The minimum atomic E-state index is -3.84. The summed E-state index contributed by atoms with van der Waals surface area (Å²) in [5.74, 6) is -0.535. The van der Waals surface area contributed by atoms with Crippen molar-refractivity contribution in [1.29, 1.82) is 0 Å². The zero-order chi connectivity index (χ0) is 22.0. The number of phenolic OH excluding ortho intramolecular Hbond substituents is 1. The van der Waals surface area contributed by atoms with Crippen LogP contribution in [0.15, 0.2) is 59.5 Å². The van der Waals surface area contributed by atoms with E-state index in [4.69, 9.17) is 9.47 Å². The summed E-state index contributed by atoms with van der Waals surface area (Å²) in [6.45, 7) is 1.12. The number of methoxy groups -OCH3 is 1. The Morgan fingerprint density at radius 2 is 1.74 bits per heavy atom. The maximum atomic E-state index is 13.1. The van der Waals surface area contributed by atoms with Gasteiger partial charge in [-0.25, -0.2) is 8.42 Å². The Morgan fingerprint density at radius 1 is 1.06 bits per heavy atom. The highest BCUT2D eigenvalue weighted by Crippen LogP contribution is 2.31. The van der Waals surface area contributed by atoms with Gasteiger partial charge < -0.3 is 19.9 Å². The fraction of sp³-hybridized carbons (Fsp3) is 0.227. The summed E-state index contributed by atoms with van der Waals surface area (Å²) in [5, 5.41) is 14.6. The first kappa shape index (κ1) is 21.1. The van der Waals surface area contributed by atoms with E-state index in [1.807, 2.05) is 24.3 Å². The Bertz CT molecular complexity index is 1240. The molecular formula is C22H22N2O6S. The molecule has 1 amide bonds. The first-order valence-electron chi connectivity index (χ1n) is 9.69. The second-order valence-corrected chi connectivity index (χ2v) is 8.96. The number of phenols is 1. The number of sulfonamides is 1. The molecule has 1 aliphatic rings. The van der Waals surface area contributed by atoms with Crippen LogP contribution in [-0.4, -0.2) is 57.1 Å². The largest absolute Gasteiger partial charge is 0.507 e. The summed E-state index contributed by atoms with van der Waals surface area (Å²) in [5.41, 5.74) is 0.359. The van der Waals surface area contributed by atoms with Crippen molar-refractivity contribution in [2.45, 2.75) is 4.90 Å². The van der Waals surface area contributed by atoms with Crippen molar-refractivity contribution in [3.05, 3.63) is 60.2 Å². The number of hydrogen-bond acceptors (Lipinski definition) is 6. The molecule has 8 nitrogen and oxygen atoms in total. The lowest BCUT2D eigenvalue weighted by atomic mass is 10.1. The number of fused-ring (bicyclic) bond motifs is 1. The average Bonchev–Trinajstić information content (AvgIpc) is 2.79. The van der Waals surface area contributed by atoms with Gasteiger partial charge in [0.25, 0.3) is 5.91 Å². The van der Waals surface area contributed by atoms with Gasteiger partial charge in [0.1, 0.15) is 16.4 Å². The number of carbonyl (C=O) groups is 1. The number of ether oxygens (including phenoxy) is 2. The molecule has 3 aromatic rings. The molecule has 0 bridgehead atoms. The van der Waals surface area contributed by atoms with E-state index in [-0.39, 0.29) is 40.7 Å². The number of aromatic hydroxyl groups is 1. The maximum Gasteiger partial charge on any atom is 0.259 e. The molecule has 1 fully saturated rings. The van der Waals surface area contributed by atoms with Crippen molar-refractivity contribution < 1.29 is 27.8 Å². The second kappa shape index (κ2) is 8.54. The summed E-state index contributed by atoms with van der Waals surface area (Å²) in [6.07, 6.45) is 0. The summed E-state index contributed by atoms with van der Waals surface area (Å²) in [4.78, 5) is 12.8. The van der Waals surface area contributed by atoms with E-state index in [9.17, 15) is 18.3 Å². The molecule has 1 saturated heterocycles. The minimum Gasteiger partial charge on any atom is -0.507 e. The first-order chi connectivity index (χ1) is 14.9. The molecule has 4 rings (SSSR count). The van der Waals surface area contributed by atoms with E-state index < -0.39 is 15.9 Å². The van der Waals surface area contributed by atoms with Gasteiger partial charge in [-0.15, -0.1) is 0 Å². The number of rotatable bonds is 5. The highest BCUT2D eigenvalue weighted by atomic mass is 32.2. The van der Waals surface area contributed by atoms with Crippen LogP contribution in [0.25, 0.3) is 10.8 Å². The predicted molar refractivity (Wildman–Crippen MR) is 116 cm³/mol. The van der Waals surface area contributed by atoms with Gasteiger partial charge in [0.15, 0.2) is 0 Å². The van der Waals surface area contributed by atoms with Crippen LogP contribution in [0.4, 0.5) is 5.69 Å². The van der Waals surface area contributed by atoms with E-state index in [1.165, 1.54) is 29.6 Å². The number of hydrogen-bond donors (Lipinski definition) is 2. The SMILES string of the molecule is COc1ccc(NC(=O)c2cc3ccccc3cc2O)cc1S(=O)(=O)N1CCOCC1.